The van der Waals surface area contributed by atoms with Crippen LogP contribution in [-0.4, -0.2) is 20.9 Å². The Kier molecular flexibility index (Phi) is 2.71. The molecular weight excluding hydrogens is 216 g/mol. The van der Waals surface area contributed by atoms with Crippen LogP contribution in [0.3, 0.4) is 0 Å². The molecule has 0 spiro atoms. The van der Waals surface area contributed by atoms with Gasteiger partial charge in [0, 0.05) is 18.3 Å². The molecule has 2 aromatic rings. The SMILES string of the molecule is Cc1cc(C(=O)O)cc(-c2cnn(C)c2C)c1. The van der Waals surface area contributed by atoms with Crippen LogP contribution in [0.25, 0.3) is 11.1 Å². The standard InChI is InChI=1S/C13H14N2O2/c1-8-4-10(6-11(5-8)13(16)17)12-7-14-15(3)9(12)2/h4-7H,1-3H3,(H,16,17). The summed E-state index contributed by atoms with van der Waals surface area (Å²) in [5, 5.41) is 13.2. The number of carbonyl (C=O) groups is 1. The van der Waals surface area contributed by atoms with Gasteiger partial charge in [0.1, 0.15) is 0 Å². The molecule has 0 amide bonds. The highest BCUT2D eigenvalue weighted by atomic mass is 16.4. The molecule has 1 heterocycles. The second-order valence-electron chi connectivity index (χ2n) is 4.16. The summed E-state index contributed by atoms with van der Waals surface area (Å²) in [5.74, 6) is -0.906. The molecule has 1 N–H and O–H groups in total. The van der Waals surface area contributed by atoms with Crippen molar-refractivity contribution in [2.45, 2.75) is 13.8 Å². The number of carboxylic acid groups (broad SMARTS) is 1. The fourth-order valence-corrected chi connectivity index (χ4v) is 1.84. The van der Waals surface area contributed by atoms with Crippen molar-refractivity contribution in [1.29, 1.82) is 0 Å². The summed E-state index contributed by atoms with van der Waals surface area (Å²) < 4.78 is 1.78. The van der Waals surface area contributed by atoms with Crippen molar-refractivity contribution >= 4 is 5.97 Å². The first-order valence-corrected chi connectivity index (χ1v) is 5.33. The molecule has 88 valence electrons. The summed E-state index contributed by atoms with van der Waals surface area (Å²) in [6.45, 7) is 3.85. The van der Waals surface area contributed by atoms with Crippen LogP contribution < -0.4 is 0 Å². The van der Waals surface area contributed by atoms with E-state index in [1.807, 2.05) is 27.0 Å². The van der Waals surface area contributed by atoms with Crippen molar-refractivity contribution in [3.63, 3.8) is 0 Å². The highest BCUT2D eigenvalue weighted by Crippen LogP contribution is 2.25. The molecule has 0 saturated heterocycles. The molecule has 0 radical (unpaired) electrons. The molecule has 4 nitrogen and oxygen atoms in total. The fraction of sp³-hybridized carbons (Fsp3) is 0.231. The van der Waals surface area contributed by atoms with Crippen LogP contribution in [0.1, 0.15) is 21.6 Å². The van der Waals surface area contributed by atoms with Crippen LogP contribution in [0.15, 0.2) is 24.4 Å². The van der Waals surface area contributed by atoms with Gasteiger partial charge in [0.05, 0.1) is 11.8 Å². The first-order valence-electron chi connectivity index (χ1n) is 5.33. The predicted octanol–water partition coefficient (Wildman–Crippen LogP) is 2.40. The van der Waals surface area contributed by atoms with Crippen LogP contribution >= 0.6 is 0 Å². The number of benzene rings is 1. The normalized spacial score (nSPS) is 10.5. The van der Waals surface area contributed by atoms with E-state index in [9.17, 15) is 4.79 Å². The van der Waals surface area contributed by atoms with Crippen LogP contribution in [0.5, 0.6) is 0 Å². The molecule has 4 heteroatoms. The molecule has 0 unspecified atom stereocenters. The molecule has 0 aliphatic rings. The third-order valence-corrected chi connectivity index (χ3v) is 2.87. The van der Waals surface area contributed by atoms with E-state index in [1.165, 1.54) is 0 Å². The lowest BCUT2D eigenvalue weighted by Crippen LogP contribution is -1.98. The van der Waals surface area contributed by atoms with E-state index < -0.39 is 5.97 Å². The molecule has 0 aliphatic carbocycles. The monoisotopic (exact) mass is 230 g/mol. The zero-order valence-corrected chi connectivity index (χ0v) is 10.1. The van der Waals surface area contributed by atoms with E-state index in [-0.39, 0.29) is 0 Å². The maximum Gasteiger partial charge on any atom is 0.335 e. The van der Waals surface area contributed by atoms with Crippen molar-refractivity contribution in [3.8, 4) is 11.1 Å². The van der Waals surface area contributed by atoms with Crippen LogP contribution in [0, 0.1) is 13.8 Å². The molecule has 0 aliphatic heterocycles. The van der Waals surface area contributed by atoms with Crippen LogP contribution in [-0.2, 0) is 7.05 Å². The molecule has 0 atom stereocenters. The average Bonchev–Trinajstić information content (AvgIpc) is 2.59. The van der Waals surface area contributed by atoms with Gasteiger partial charge in [-0.05, 0) is 37.1 Å². The van der Waals surface area contributed by atoms with Crippen LogP contribution in [0.2, 0.25) is 0 Å². The molecular formula is C13H14N2O2. The van der Waals surface area contributed by atoms with Gasteiger partial charge in [-0.1, -0.05) is 6.07 Å². The van der Waals surface area contributed by atoms with E-state index in [2.05, 4.69) is 5.10 Å². The number of carboxylic acids is 1. The predicted molar refractivity (Wildman–Crippen MR) is 65.1 cm³/mol. The van der Waals surface area contributed by atoms with Crippen molar-refractivity contribution in [2.75, 3.05) is 0 Å². The highest BCUT2D eigenvalue weighted by molar-refractivity contribution is 5.89. The second-order valence-corrected chi connectivity index (χ2v) is 4.16. The Morgan fingerprint density at radius 3 is 2.53 bits per heavy atom. The average molecular weight is 230 g/mol. The Morgan fingerprint density at radius 1 is 1.29 bits per heavy atom. The zero-order valence-electron chi connectivity index (χ0n) is 10.1. The van der Waals surface area contributed by atoms with Gasteiger partial charge in [0.2, 0.25) is 0 Å². The van der Waals surface area contributed by atoms with E-state index >= 15 is 0 Å². The lowest BCUT2D eigenvalue weighted by atomic mass is 10.0. The van der Waals surface area contributed by atoms with E-state index in [4.69, 9.17) is 5.11 Å². The number of hydrogen-bond donors (Lipinski definition) is 1. The molecule has 17 heavy (non-hydrogen) atoms. The first kappa shape index (κ1) is 11.4. The van der Waals surface area contributed by atoms with E-state index in [0.29, 0.717) is 5.56 Å². The summed E-state index contributed by atoms with van der Waals surface area (Å²) in [6.07, 6.45) is 1.76. The fourth-order valence-electron chi connectivity index (χ4n) is 1.84. The summed E-state index contributed by atoms with van der Waals surface area (Å²) in [6, 6.07) is 5.31. The van der Waals surface area contributed by atoms with Gasteiger partial charge < -0.3 is 5.11 Å². The Morgan fingerprint density at radius 2 is 2.00 bits per heavy atom. The number of rotatable bonds is 2. The zero-order chi connectivity index (χ0) is 12.6. The molecule has 1 aromatic heterocycles. The maximum atomic E-state index is 11.0. The topological polar surface area (TPSA) is 55.1 Å². The van der Waals surface area contributed by atoms with Gasteiger partial charge in [-0.25, -0.2) is 4.79 Å². The number of hydrogen-bond acceptors (Lipinski definition) is 2. The van der Waals surface area contributed by atoms with E-state index in [0.717, 1.165) is 22.4 Å². The molecule has 1 aromatic carbocycles. The van der Waals surface area contributed by atoms with Gasteiger partial charge in [-0.2, -0.15) is 5.10 Å². The Bertz CT molecular complexity index is 585. The quantitative estimate of drug-likeness (QED) is 0.861. The van der Waals surface area contributed by atoms with Gasteiger partial charge in [-0.15, -0.1) is 0 Å². The number of nitrogens with zero attached hydrogens (tertiary/aromatic N) is 2. The van der Waals surface area contributed by atoms with Crippen molar-refractivity contribution in [1.82, 2.24) is 9.78 Å². The lowest BCUT2D eigenvalue weighted by Gasteiger charge is -2.05. The van der Waals surface area contributed by atoms with Gasteiger partial charge in [0.15, 0.2) is 0 Å². The third kappa shape index (κ3) is 2.06. The number of aromatic carboxylic acids is 1. The van der Waals surface area contributed by atoms with Crippen molar-refractivity contribution < 1.29 is 9.90 Å². The summed E-state index contributed by atoms with van der Waals surface area (Å²) in [4.78, 5) is 11.0. The minimum atomic E-state index is -0.906. The minimum Gasteiger partial charge on any atom is -0.478 e. The number of aryl methyl sites for hydroxylation is 2. The summed E-state index contributed by atoms with van der Waals surface area (Å²) >= 11 is 0. The number of aromatic nitrogens is 2. The first-order chi connectivity index (χ1) is 7.99. The van der Waals surface area contributed by atoms with E-state index in [1.54, 1.807) is 23.0 Å². The van der Waals surface area contributed by atoms with Gasteiger partial charge >= 0.3 is 5.97 Å². The Labute approximate surface area is 99.5 Å². The van der Waals surface area contributed by atoms with Crippen molar-refractivity contribution in [2.24, 2.45) is 7.05 Å². The van der Waals surface area contributed by atoms with Crippen molar-refractivity contribution in [3.05, 3.63) is 41.2 Å². The molecule has 0 saturated carbocycles. The van der Waals surface area contributed by atoms with Crippen LogP contribution in [0.4, 0.5) is 0 Å². The molecule has 0 bridgehead atoms. The summed E-state index contributed by atoms with van der Waals surface area (Å²) in [5.41, 5.74) is 4.13. The minimum absolute atomic E-state index is 0.309. The second kappa shape index (κ2) is 4.05. The van der Waals surface area contributed by atoms with Gasteiger partial charge in [-0.3, -0.25) is 4.68 Å². The Balaban J connectivity index is 2.60. The smallest absolute Gasteiger partial charge is 0.335 e. The maximum absolute atomic E-state index is 11.0. The summed E-state index contributed by atoms with van der Waals surface area (Å²) in [7, 11) is 1.87. The highest BCUT2D eigenvalue weighted by Gasteiger charge is 2.10. The van der Waals surface area contributed by atoms with Gasteiger partial charge in [0.25, 0.3) is 0 Å². The molecule has 0 fully saturated rings. The largest absolute Gasteiger partial charge is 0.478 e. The Hall–Kier alpha value is -2.10. The third-order valence-electron chi connectivity index (χ3n) is 2.87. The molecule has 2 rings (SSSR count). The lowest BCUT2D eigenvalue weighted by molar-refractivity contribution is 0.0697.